The van der Waals surface area contributed by atoms with E-state index in [2.05, 4.69) is 31.0 Å². The molecular formula is C24H29NO3S. The third kappa shape index (κ3) is 6.38. The minimum Gasteiger partial charge on any atom is -0.487 e. The van der Waals surface area contributed by atoms with Crippen LogP contribution in [0.25, 0.3) is 11.5 Å². The van der Waals surface area contributed by atoms with Crippen LogP contribution in [0.2, 0.25) is 0 Å². The highest BCUT2D eigenvalue weighted by molar-refractivity contribution is 7.99. The number of oxazole rings is 1. The molecule has 0 spiro atoms. The van der Waals surface area contributed by atoms with Gasteiger partial charge in [-0.25, -0.2) is 4.98 Å². The number of rotatable bonds is 11. The highest BCUT2D eigenvalue weighted by Crippen LogP contribution is 2.23. The predicted molar refractivity (Wildman–Crippen MR) is 120 cm³/mol. The molecule has 1 aromatic heterocycles. The predicted octanol–water partition coefficient (Wildman–Crippen LogP) is 5.93. The third-order valence-electron chi connectivity index (χ3n) is 4.59. The van der Waals surface area contributed by atoms with Crippen molar-refractivity contribution in [3.05, 3.63) is 71.6 Å². The molecular weight excluding hydrogens is 382 g/mol. The van der Waals surface area contributed by atoms with Crippen molar-refractivity contribution in [2.75, 3.05) is 18.1 Å². The van der Waals surface area contributed by atoms with Gasteiger partial charge in [-0.05, 0) is 55.9 Å². The van der Waals surface area contributed by atoms with Crippen molar-refractivity contribution < 1.29 is 13.9 Å². The first-order valence-corrected chi connectivity index (χ1v) is 11.3. The summed E-state index contributed by atoms with van der Waals surface area (Å²) in [6, 6.07) is 18.2. The molecule has 5 heteroatoms. The summed E-state index contributed by atoms with van der Waals surface area (Å²) in [5, 5.41) is 0. The second-order valence-electron chi connectivity index (χ2n) is 6.76. The Morgan fingerprint density at radius 2 is 1.79 bits per heavy atom. The van der Waals surface area contributed by atoms with Crippen molar-refractivity contribution in [2.45, 2.75) is 39.9 Å². The number of aryl methyl sites for hydroxylation is 1. The van der Waals surface area contributed by atoms with Crippen LogP contribution in [0.4, 0.5) is 0 Å². The SMILES string of the molecule is CCO[C@H](CSCC)Cc1ccc(OCc2nc(-c3ccccc3)oc2C)cc1. The maximum Gasteiger partial charge on any atom is 0.226 e. The fourth-order valence-electron chi connectivity index (χ4n) is 3.05. The normalized spacial score (nSPS) is 12.1. The minimum atomic E-state index is 0.255. The lowest BCUT2D eigenvalue weighted by Crippen LogP contribution is -2.19. The van der Waals surface area contributed by atoms with Gasteiger partial charge in [-0.15, -0.1) is 0 Å². The summed E-state index contributed by atoms with van der Waals surface area (Å²) >= 11 is 1.92. The second-order valence-corrected chi connectivity index (χ2v) is 8.08. The molecule has 0 aliphatic carbocycles. The van der Waals surface area contributed by atoms with E-state index in [1.165, 1.54) is 5.56 Å². The van der Waals surface area contributed by atoms with Gasteiger partial charge in [-0.2, -0.15) is 11.8 Å². The zero-order valence-corrected chi connectivity index (χ0v) is 18.2. The maximum atomic E-state index is 5.94. The van der Waals surface area contributed by atoms with Gasteiger partial charge in [0, 0.05) is 17.9 Å². The van der Waals surface area contributed by atoms with Crippen LogP contribution in [0.5, 0.6) is 5.75 Å². The van der Waals surface area contributed by atoms with Crippen LogP contribution in [0.15, 0.2) is 59.0 Å². The topological polar surface area (TPSA) is 44.5 Å². The summed E-state index contributed by atoms with van der Waals surface area (Å²) < 4.78 is 17.6. The monoisotopic (exact) mass is 411 g/mol. The van der Waals surface area contributed by atoms with E-state index in [0.717, 1.165) is 47.3 Å². The lowest BCUT2D eigenvalue weighted by molar-refractivity contribution is 0.0801. The minimum absolute atomic E-state index is 0.255. The van der Waals surface area contributed by atoms with Crippen molar-refractivity contribution in [3.63, 3.8) is 0 Å². The van der Waals surface area contributed by atoms with Crippen LogP contribution >= 0.6 is 11.8 Å². The lowest BCUT2D eigenvalue weighted by atomic mass is 10.1. The number of nitrogens with zero attached hydrogens (tertiary/aromatic N) is 1. The Morgan fingerprint density at radius 1 is 1.03 bits per heavy atom. The fourth-order valence-corrected chi connectivity index (χ4v) is 3.77. The Balaban J connectivity index is 1.57. The molecule has 3 rings (SSSR count). The van der Waals surface area contributed by atoms with Crippen molar-refractivity contribution in [1.82, 2.24) is 4.98 Å². The van der Waals surface area contributed by atoms with Crippen molar-refractivity contribution >= 4 is 11.8 Å². The summed E-state index contributed by atoms with van der Waals surface area (Å²) in [5.74, 6) is 4.38. The first-order chi connectivity index (χ1) is 14.2. The highest BCUT2D eigenvalue weighted by atomic mass is 32.2. The molecule has 0 radical (unpaired) electrons. The molecule has 0 unspecified atom stereocenters. The highest BCUT2D eigenvalue weighted by Gasteiger charge is 2.12. The first-order valence-electron chi connectivity index (χ1n) is 10.1. The number of hydrogen-bond acceptors (Lipinski definition) is 5. The van der Waals surface area contributed by atoms with Gasteiger partial charge >= 0.3 is 0 Å². The summed E-state index contributed by atoms with van der Waals surface area (Å²) in [6.45, 7) is 7.28. The average Bonchev–Trinajstić information content (AvgIpc) is 3.13. The van der Waals surface area contributed by atoms with E-state index in [9.17, 15) is 0 Å². The van der Waals surface area contributed by atoms with Gasteiger partial charge in [0.05, 0.1) is 6.10 Å². The quantitative estimate of drug-likeness (QED) is 0.391. The third-order valence-corrected chi connectivity index (χ3v) is 5.60. The lowest BCUT2D eigenvalue weighted by Gasteiger charge is -2.16. The van der Waals surface area contributed by atoms with E-state index < -0.39 is 0 Å². The van der Waals surface area contributed by atoms with Gasteiger partial charge in [0.1, 0.15) is 23.8 Å². The molecule has 2 aromatic carbocycles. The van der Waals surface area contributed by atoms with Crippen molar-refractivity contribution in [1.29, 1.82) is 0 Å². The number of ether oxygens (including phenoxy) is 2. The zero-order chi connectivity index (χ0) is 20.5. The van der Waals surface area contributed by atoms with E-state index in [1.54, 1.807) is 0 Å². The van der Waals surface area contributed by atoms with Crippen LogP contribution in [0.3, 0.4) is 0 Å². The largest absolute Gasteiger partial charge is 0.487 e. The molecule has 0 fully saturated rings. The number of aromatic nitrogens is 1. The van der Waals surface area contributed by atoms with E-state index >= 15 is 0 Å². The number of thioether (sulfide) groups is 1. The first kappa shape index (κ1) is 21.5. The Morgan fingerprint density at radius 3 is 2.48 bits per heavy atom. The van der Waals surface area contributed by atoms with Crippen LogP contribution in [-0.2, 0) is 17.8 Å². The molecule has 0 N–H and O–H groups in total. The van der Waals surface area contributed by atoms with Gasteiger partial charge in [-0.3, -0.25) is 0 Å². The average molecular weight is 412 g/mol. The summed E-state index contributed by atoms with van der Waals surface area (Å²) in [4.78, 5) is 4.59. The maximum absolute atomic E-state index is 5.94. The Bertz CT molecular complexity index is 862. The molecule has 1 atom stereocenters. The summed E-state index contributed by atoms with van der Waals surface area (Å²) in [6.07, 6.45) is 1.18. The molecule has 29 heavy (non-hydrogen) atoms. The molecule has 154 valence electrons. The van der Waals surface area contributed by atoms with Gasteiger partial charge in [0.2, 0.25) is 5.89 Å². The van der Waals surface area contributed by atoms with Crippen LogP contribution in [0.1, 0.15) is 30.9 Å². The van der Waals surface area contributed by atoms with E-state index in [-0.39, 0.29) is 6.10 Å². The molecule has 3 aromatic rings. The molecule has 1 heterocycles. The molecule has 0 amide bonds. The molecule has 0 aliphatic heterocycles. The summed E-state index contributed by atoms with van der Waals surface area (Å²) in [7, 11) is 0. The Kier molecular flexibility index (Phi) is 8.20. The smallest absolute Gasteiger partial charge is 0.226 e. The van der Waals surface area contributed by atoms with Crippen molar-refractivity contribution in [3.8, 4) is 17.2 Å². The van der Waals surface area contributed by atoms with Gasteiger partial charge in [0.15, 0.2) is 0 Å². The van der Waals surface area contributed by atoms with E-state index in [0.29, 0.717) is 12.5 Å². The second kappa shape index (κ2) is 11.1. The Hall–Kier alpha value is -2.24. The summed E-state index contributed by atoms with van der Waals surface area (Å²) in [5.41, 5.74) is 3.05. The van der Waals surface area contributed by atoms with Gasteiger partial charge in [0.25, 0.3) is 0 Å². The molecule has 0 bridgehead atoms. The standard InChI is InChI=1S/C24H29NO3S/c1-4-26-22(17-29-5-2)15-19-11-13-21(14-12-19)27-16-23-18(3)28-24(25-23)20-9-7-6-8-10-20/h6-14,22H,4-5,15-17H2,1-3H3/t22-/m0/s1. The van der Waals surface area contributed by atoms with Crippen LogP contribution in [-0.4, -0.2) is 29.2 Å². The molecule has 0 saturated heterocycles. The Labute approximate surface area is 177 Å². The number of hydrogen-bond donors (Lipinski definition) is 0. The van der Waals surface area contributed by atoms with E-state index in [4.69, 9.17) is 13.9 Å². The van der Waals surface area contributed by atoms with Crippen LogP contribution < -0.4 is 4.74 Å². The van der Waals surface area contributed by atoms with Gasteiger partial charge < -0.3 is 13.9 Å². The molecule has 4 nitrogen and oxygen atoms in total. The van der Waals surface area contributed by atoms with Gasteiger partial charge in [-0.1, -0.05) is 37.3 Å². The van der Waals surface area contributed by atoms with Crippen LogP contribution in [0, 0.1) is 6.92 Å². The number of benzene rings is 2. The van der Waals surface area contributed by atoms with Crippen molar-refractivity contribution in [2.24, 2.45) is 0 Å². The fraction of sp³-hybridized carbons (Fsp3) is 0.375. The molecule has 0 saturated carbocycles. The zero-order valence-electron chi connectivity index (χ0n) is 17.4. The molecule has 0 aliphatic rings. The van der Waals surface area contributed by atoms with E-state index in [1.807, 2.05) is 61.2 Å².